The van der Waals surface area contributed by atoms with E-state index in [-0.39, 0.29) is 12.6 Å². The zero-order valence-corrected chi connectivity index (χ0v) is 17.4. The number of ether oxygens (including phenoxy) is 2. The molecule has 7 nitrogen and oxygen atoms in total. The number of carbonyl (C=O) groups is 2. The predicted octanol–water partition coefficient (Wildman–Crippen LogP) is 2.94. The lowest BCUT2D eigenvalue weighted by atomic mass is 9.94. The molecule has 2 amide bonds. The first-order valence-electron chi connectivity index (χ1n) is 9.77. The fourth-order valence-electron chi connectivity index (χ4n) is 3.45. The lowest BCUT2D eigenvalue weighted by Crippen LogP contribution is -2.50. The second-order valence-corrected chi connectivity index (χ2v) is 6.72. The molecule has 154 valence electrons. The van der Waals surface area contributed by atoms with Crippen LogP contribution in [0.25, 0.3) is 0 Å². The number of nitrogens with one attached hydrogen (secondary N) is 1. The van der Waals surface area contributed by atoms with Crippen molar-refractivity contribution in [2.45, 2.75) is 33.2 Å². The van der Waals surface area contributed by atoms with Gasteiger partial charge in [0.1, 0.15) is 5.75 Å². The summed E-state index contributed by atoms with van der Waals surface area (Å²) in [6.45, 7) is 7.86. The summed E-state index contributed by atoms with van der Waals surface area (Å²) in [6, 6.07) is 6.58. The molecule has 0 aliphatic carbocycles. The fraction of sp³-hybridized carbons (Fsp3) is 0.524. The molecular formula is C21H31N3O4. The number of amides is 2. The minimum absolute atomic E-state index is 0.219. The number of hydrogen-bond acceptors (Lipinski definition) is 5. The van der Waals surface area contributed by atoms with Crippen LogP contribution in [0.1, 0.15) is 38.8 Å². The summed E-state index contributed by atoms with van der Waals surface area (Å²) in [5, 5.41) is 2.96. The van der Waals surface area contributed by atoms with Crippen molar-refractivity contribution in [1.82, 2.24) is 15.1 Å². The van der Waals surface area contributed by atoms with Crippen molar-refractivity contribution in [3.05, 3.63) is 41.1 Å². The molecule has 7 heteroatoms. The van der Waals surface area contributed by atoms with E-state index < -0.39 is 12.0 Å². The Bertz CT molecular complexity index is 732. The van der Waals surface area contributed by atoms with Gasteiger partial charge in [-0.1, -0.05) is 19.1 Å². The van der Waals surface area contributed by atoms with Crippen LogP contribution in [0.3, 0.4) is 0 Å². The number of likely N-dealkylation sites (N-methyl/N-ethyl adjacent to an activating group) is 2. The minimum Gasteiger partial charge on any atom is -0.497 e. The molecule has 0 fully saturated rings. The van der Waals surface area contributed by atoms with Gasteiger partial charge in [0.2, 0.25) is 0 Å². The highest BCUT2D eigenvalue weighted by Crippen LogP contribution is 2.33. The highest BCUT2D eigenvalue weighted by molar-refractivity contribution is 5.95. The summed E-state index contributed by atoms with van der Waals surface area (Å²) in [7, 11) is 3.57. The zero-order chi connectivity index (χ0) is 20.7. The standard InChI is InChI=1S/C21H31N3O4/c1-6-12-23(4)14-17-18(20(25)28-8-3)19(22-21(26)24(17)7-2)15-10-9-11-16(13-15)27-5/h9-11,13,19H,6-8,12,14H2,1-5H3,(H,22,26)/t19-/m0/s1. The topological polar surface area (TPSA) is 71.1 Å². The molecule has 28 heavy (non-hydrogen) atoms. The molecule has 1 aliphatic rings. The van der Waals surface area contributed by atoms with Crippen molar-refractivity contribution in [1.29, 1.82) is 0 Å². The van der Waals surface area contributed by atoms with Crippen molar-refractivity contribution in [3.63, 3.8) is 0 Å². The Morgan fingerprint density at radius 2 is 2.04 bits per heavy atom. The third kappa shape index (κ3) is 4.84. The van der Waals surface area contributed by atoms with Gasteiger partial charge >= 0.3 is 12.0 Å². The second kappa shape index (κ2) is 10.1. The van der Waals surface area contributed by atoms with Crippen LogP contribution in [0.2, 0.25) is 0 Å². The van der Waals surface area contributed by atoms with E-state index >= 15 is 0 Å². The van der Waals surface area contributed by atoms with Crippen LogP contribution in [0, 0.1) is 0 Å². The van der Waals surface area contributed by atoms with Crippen LogP contribution in [-0.4, -0.2) is 62.2 Å². The van der Waals surface area contributed by atoms with E-state index in [1.165, 1.54) is 0 Å². The number of benzene rings is 1. The lowest BCUT2D eigenvalue weighted by Gasteiger charge is -2.37. The predicted molar refractivity (Wildman–Crippen MR) is 108 cm³/mol. The summed E-state index contributed by atoms with van der Waals surface area (Å²) in [5.74, 6) is 0.256. The number of urea groups is 1. The molecule has 1 aromatic carbocycles. The molecule has 0 aromatic heterocycles. The molecule has 1 heterocycles. The van der Waals surface area contributed by atoms with Gasteiger partial charge in [-0.2, -0.15) is 0 Å². The molecule has 0 unspecified atom stereocenters. The summed E-state index contributed by atoms with van der Waals surface area (Å²) < 4.78 is 10.7. The van der Waals surface area contributed by atoms with Crippen molar-refractivity contribution in [2.75, 3.05) is 40.4 Å². The summed E-state index contributed by atoms with van der Waals surface area (Å²) in [6.07, 6.45) is 0.982. The molecule has 0 bridgehead atoms. The van der Waals surface area contributed by atoms with Crippen LogP contribution < -0.4 is 10.1 Å². The van der Waals surface area contributed by atoms with E-state index in [1.807, 2.05) is 38.2 Å². The molecule has 0 saturated heterocycles. The summed E-state index contributed by atoms with van der Waals surface area (Å²) >= 11 is 0. The van der Waals surface area contributed by atoms with E-state index in [0.717, 1.165) is 18.5 Å². The highest BCUT2D eigenvalue weighted by atomic mass is 16.5. The summed E-state index contributed by atoms with van der Waals surface area (Å²) in [4.78, 5) is 29.5. The maximum atomic E-state index is 12.9. The smallest absolute Gasteiger partial charge is 0.338 e. The van der Waals surface area contributed by atoms with E-state index in [9.17, 15) is 9.59 Å². The van der Waals surface area contributed by atoms with Gasteiger partial charge in [0.25, 0.3) is 0 Å². The minimum atomic E-state index is -0.588. The SMILES string of the molecule is CCCN(C)CC1=C(C(=O)OCC)[C@H](c2cccc(OC)c2)NC(=O)N1CC. The van der Waals surface area contributed by atoms with Gasteiger partial charge in [0.05, 0.1) is 25.3 Å². The van der Waals surface area contributed by atoms with Gasteiger partial charge in [-0.05, 0) is 51.6 Å². The van der Waals surface area contributed by atoms with E-state index in [0.29, 0.717) is 30.1 Å². The number of esters is 1. The molecule has 0 saturated carbocycles. The van der Waals surface area contributed by atoms with Crippen molar-refractivity contribution in [3.8, 4) is 5.75 Å². The summed E-state index contributed by atoms with van der Waals surface area (Å²) in [5.41, 5.74) is 1.94. The third-order valence-corrected chi connectivity index (χ3v) is 4.70. The van der Waals surface area contributed by atoms with Crippen LogP contribution in [-0.2, 0) is 9.53 Å². The molecule has 1 N–H and O–H groups in total. The Hall–Kier alpha value is -2.54. The van der Waals surface area contributed by atoms with Gasteiger partial charge < -0.3 is 19.7 Å². The average molecular weight is 389 g/mol. The Labute approximate surface area is 167 Å². The first kappa shape index (κ1) is 21.8. The van der Waals surface area contributed by atoms with E-state index in [4.69, 9.17) is 9.47 Å². The quantitative estimate of drug-likeness (QED) is 0.658. The third-order valence-electron chi connectivity index (χ3n) is 4.70. The maximum Gasteiger partial charge on any atom is 0.338 e. The molecule has 0 radical (unpaired) electrons. The fourth-order valence-corrected chi connectivity index (χ4v) is 3.45. The number of methoxy groups -OCH3 is 1. The average Bonchev–Trinajstić information content (AvgIpc) is 2.68. The molecular weight excluding hydrogens is 358 g/mol. The number of rotatable bonds is 9. The number of carbonyl (C=O) groups excluding carboxylic acids is 2. The Balaban J connectivity index is 2.60. The van der Waals surface area contributed by atoms with Crippen LogP contribution >= 0.6 is 0 Å². The first-order valence-corrected chi connectivity index (χ1v) is 9.77. The van der Waals surface area contributed by atoms with Gasteiger partial charge in [-0.15, -0.1) is 0 Å². The normalized spacial score (nSPS) is 17.0. The van der Waals surface area contributed by atoms with Crippen molar-refractivity contribution >= 4 is 12.0 Å². The molecule has 1 aliphatic heterocycles. The maximum absolute atomic E-state index is 12.9. The van der Waals surface area contributed by atoms with Crippen LogP contribution in [0.5, 0.6) is 5.75 Å². The Morgan fingerprint density at radius 1 is 1.29 bits per heavy atom. The Morgan fingerprint density at radius 3 is 2.64 bits per heavy atom. The Kier molecular flexibility index (Phi) is 7.87. The van der Waals surface area contributed by atoms with E-state index in [2.05, 4.69) is 17.1 Å². The largest absolute Gasteiger partial charge is 0.497 e. The number of nitrogens with zero attached hydrogens (tertiary/aromatic N) is 2. The van der Waals surface area contributed by atoms with Gasteiger partial charge in [0.15, 0.2) is 0 Å². The molecule has 1 aromatic rings. The monoisotopic (exact) mass is 389 g/mol. The second-order valence-electron chi connectivity index (χ2n) is 6.72. The molecule has 0 spiro atoms. The van der Waals surface area contributed by atoms with Gasteiger partial charge in [0, 0.05) is 18.8 Å². The molecule has 1 atom stereocenters. The highest BCUT2D eigenvalue weighted by Gasteiger charge is 2.38. The van der Waals surface area contributed by atoms with Gasteiger partial charge in [-0.25, -0.2) is 9.59 Å². The van der Waals surface area contributed by atoms with Crippen LogP contribution in [0.15, 0.2) is 35.5 Å². The van der Waals surface area contributed by atoms with Crippen molar-refractivity contribution in [2.24, 2.45) is 0 Å². The first-order chi connectivity index (χ1) is 13.5. The zero-order valence-electron chi connectivity index (χ0n) is 17.4. The van der Waals surface area contributed by atoms with E-state index in [1.54, 1.807) is 18.9 Å². The number of hydrogen-bond donors (Lipinski definition) is 1. The molecule has 2 rings (SSSR count). The van der Waals surface area contributed by atoms with Crippen molar-refractivity contribution < 1.29 is 19.1 Å². The van der Waals surface area contributed by atoms with Crippen LogP contribution in [0.4, 0.5) is 4.79 Å². The van der Waals surface area contributed by atoms with Gasteiger partial charge in [-0.3, -0.25) is 4.90 Å². The lowest BCUT2D eigenvalue weighted by molar-refractivity contribution is -0.139.